The van der Waals surface area contributed by atoms with Crippen LogP contribution in [-0.4, -0.2) is 23.3 Å². The van der Waals surface area contributed by atoms with Crippen molar-refractivity contribution in [3.63, 3.8) is 0 Å². The average Bonchev–Trinajstić information content (AvgIpc) is 2.80. The molecule has 1 N–H and O–H groups in total. The summed E-state index contributed by atoms with van der Waals surface area (Å²) >= 11 is 12.3. The fourth-order valence-electron chi connectivity index (χ4n) is 2.93. The van der Waals surface area contributed by atoms with E-state index in [1.165, 1.54) is 4.90 Å². The summed E-state index contributed by atoms with van der Waals surface area (Å²) in [6, 6.07) is 12.5. The van der Waals surface area contributed by atoms with Crippen LogP contribution in [0.2, 0.25) is 10.0 Å². The Morgan fingerprint density at radius 2 is 1.81 bits per heavy atom. The molecule has 1 aliphatic rings. The molecule has 0 spiro atoms. The Morgan fingerprint density at radius 1 is 1.04 bits per heavy atom. The molecule has 0 saturated carbocycles. The Labute approximate surface area is 162 Å². The minimum Gasteiger partial charge on any atom is -0.350 e. The monoisotopic (exact) mass is 388 g/mol. The molecule has 0 unspecified atom stereocenters. The van der Waals surface area contributed by atoms with Crippen molar-refractivity contribution in [1.82, 2.24) is 4.90 Å². The molecule has 1 aliphatic heterocycles. The van der Waals surface area contributed by atoms with Gasteiger partial charge in [0.1, 0.15) is 5.70 Å². The first-order valence-corrected chi connectivity index (χ1v) is 9.07. The molecule has 0 radical (unpaired) electrons. The van der Waals surface area contributed by atoms with Crippen LogP contribution < -0.4 is 5.32 Å². The summed E-state index contributed by atoms with van der Waals surface area (Å²) in [5.41, 5.74) is 2.78. The zero-order valence-electron chi connectivity index (χ0n) is 14.5. The minimum absolute atomic E-state index is 0.235. The number of nitrogens with one attached hydrogen (secondary N) is 1. The van der Waals surface area contributed by atoms with Gasteiger partial charge in [-0.3, -0.25) is 14.5 Å². The first-order chi connectivity index (χ1) is 12.4. The highest BCUT2D eigenvalue weighted by atomic mass is 35.5. The number of nitrogens with zero attached hydrogens (tertiary/aromatic N) is 1. The Kier molecular flexibility index (Phi) is 5.35. The Hall–Kier alpha value is -2.30. The molecule has 0 fully saturated rings. The third-order valence-corrected chi connectivity index (χ3v) is 4.65. The van der Waals surface area contributed by atoms with Gasteiger partial charge in [-0.15, -0.1) is 0 Å². The van der Waals surface area contributed by atoms with Crippen LogP contribution >= 0.6 is 23.2 Å². The molecule has 3 rings (SSSR count). The van der Waals surface area contributed by atoms with Crippen LogP contribution in [-0.2, 0) is 9.59 Å². The van der Waals surface area contributed by atoms with Crippen molar-refractivity contribution in [2.75, 3.05) is 11.9 Å². The molecular formula is C20H18Cl2N2O2. The van der Waals surface area contributed by atoms with Crippen LogP contribution in [0.4, 0.5) is 5.69 Å². The van der Waals surface area contributed by atoms with E-state index in [1.54, 1.807) is 18.2 Å². The number of amides is 2. The molecule has 134 valence electrons. The van der Waals surface area contributed by atoms with Gasteiger partial charge < -0.3 is 5.32 Å². The van der Waals surface area contributed by atoms with Crippen molar-refractivity contribution in [3.8, 4) is 0 Å². The molecule has 0 atom stereocenters. The largest absolute Gasteiger partial charge is 0.350 e. The van der Waals surface area contributed by atoms with Gasteiger partial charge in [-0.05, 0) is 43.2 Å². The number of anilines is 1. The summed E-state index contributed by atoms with van der Waals surface area (Å²) < 4.78 is 0. The van der Waals surface area contributed by atoms with Crippen LogP contribution in [0.1, 0.15) is 24.5 Å². The zero-order chi connectivity index (χ0) is 18.8. The van der Waals surface area contributed by atoms with Gasteiger partial charge in [-0.1, -0.05) is 48.3 Å². The summed E-state index contributed by atoms with van der Waals surface area (Å²) in [5, 5.41) is 3.91. The normalized spacial score (nSPS) is 14.4. The number of imide groups is 1. The van der Waals surface area contributed by atoms with Gasteiger partial charge in [0, 0.05) is 22.8 Å². The Morgan fingerprint density at radius 3 is 2.46 bits per heavy atom. The second kappa shape index (κ2) is 7.52. The van der Waals surface area contributed by atoms with Crippen molar-refractivity contribution in [1.29, 1.82) is 0 Å². The fraction of sp³-hybridized carbons (Fsp3) is 0.200. The van der Waals surface area contributed by atoms with Crippen LogP contribution in [0.5, 0.6) is 0 Å². The van der Waals surface area contributed by atoms with E-state index in [0.29, 0.717) is 28.6 Å². The van der Waals surface area contributed by atoms with E-state index in [4.69, 9.17) is 23.2 Å². The molecule has 0 aromatic heterocycles. The van der Waals surface area contributed by atoms with Crippen LogP contribution in [0.15, 0.2) is 48.2 Å². The predicted molar refractivity (Wildman–Crippen MR) is 105 cm³/mol. The summed E-state index contributed by atoms with van der Waals surface area (Å²) in [7, 11) is 0. The van der Waals surface area contributed by atoms with Gasteiger partial charge in [-0.2, -0.15) is 0 Å². The number of halogens is 2. The number of benzene rings is 2. The van der Waals surface area contributed by atoms with Crippen LogP contribution in [0, 0.1) is 6.92 Å². The number of aryl methyl sites for hydroxylation is 1. The second-order valence-corrected chi connectivity index (χ2v) is 6.97. The number of rotatable bonds is 5. The molecular weight excluding hydrogens is 371 g/mol. The maximum atomic E-state index is 12.9. The van der Waals surface area contributed by atoms with Gasteiger partial charge in [0.2, 0.25) is 0 Å². The Bertz CT molecular complexity index is 922. The topological polar surface area (TPSA) is 49.4 Å². The van der Waals surface area contributed by atoms with Crippen LogP contribution in [0.25, 0.3) is 5.57 Å². The maximum Gasteiger partial charge on any atom is 0.278 e. The van der Waals surface area contributed by atoms with Crippen LogP contribution in [0.3, 0.4) is 0 Å². The molecule has 26 heavy (non-hydrogen) atoms. The third-order valence-electron chi connectivity index (χ3n) is 4.10. The summed E-state index contributed by atoms with van der Waals surface area (Å²) in [6.07, 6.45) is 0.677. The first-order valence-electron chi connectivity index (χ1n) is 8.32. The predicted octanol–water partition coefficient (Wildman–Crippen LogP) is 4.90. The number of hydrogen-bond acceptors (Lipinski definition) is 3. The summed E-state index contributed by atoms with van der Waals surface area (Å²) in [4.78, 5) is 27.0. The third kappa shape index (κ3) is 3.48. The number of hydrogen-bond donors (Lipinski definition) is 1. The number of carbonyl (C=O) groups excluding carboxylic acids is 2. The zero-order valence-corrected chi connectivity index (χ0v) is 16.0. The molecule has 1 heterocycles. The van der Waals surface area contributed by atoms with E-state index >= 15 is 0 Å². The number of carbonyl (C=O) groups is 2. The molecule has 0 aliphatic carbocycles. The molecule has 6 heteroatoms. The molecule has 2 aromatic carbocycles. The molecule has 0 saturated heterocycles. The lowest BCUT2D eigenvalue weighted by Crippen LogP contribution is -2.33. The lowest BCUT2D eigenvalue weighted by Gasteiger charge is -2.14. The van der Waals surface area contributed by atoms with E-state index in [2.05, 4.69) is 5.32 Å². The van der Waals surface area contributed by atoms with Gasteiger partial charge >= 0.3 is 0 Å². The maximum absolute atomic E-state index is 12.9. The van der Waals surface area contributed by atoms with E-state index in [-0.39, 0.29) is 23.1 Å². The van der Waals surface area contributed by atoms with Crippen molar-refractivity contribution in [3.05, 3.63) is 69.3 Å². The lowest BCUT2D eigenvalue weighted by atomic mass is 10.0. The Balaban J connectivity index is 2.12. The van der Waals surface area contributed by atoms with E-state index < -0.39 is 0 Å². The van der Waals surface area contributed by atoms with Gasteiger partial charge in [0.05, 0.1) is 10.6 Å². The molecule has 2 amide bonds. The molecule has 0 bridgehead atoms. The van der Waals surface area contributed by atoms with Crippen molar-refractivity contribution in [2.24, 2.45) is 0 Å². The quantitative estimate of drug-likeness (QED) is 0.740. The van der Waals surface area contributed by atoms with Gasteiger partial charge in [-0.25, -0.2) is 0 Å². The summed E-state index contributed by atoms with van der Waals surface area (Å²) in [5.74, 6) is -0.699. The van der Waals surface area contributed by atoms with Crippen molar-refractivity contribution in [2.45, 2.75) is 20.3 Å². The lowest BCUT2D eigenvalue weighted by molar-refractivity contribution is -0.136. The van der Waals surface area contributed by atoms with E-state index in [0.717, 1.165) is 11.3 Å². The fourth-order valence-corrected chi connectivity index (χ4v) is 3.43. The van der Waals surface area contributed by atoms with Crippen molar-refractivity contribution >= 4 is 46.3 Å². The molecule has 4 nitrogen and oxygen atoms in total. The van der Waals surface area contributed by atoms with Gasteiger partial charge in [0.15, 0.2) is 0 Å². The highest BCUT2D eigenvalue weighted by molar-refractivity contribution is 6.41. The van der Waals surface area contributed by atoms with E-state index in [1.807, 2.05) is 38.1 Å². The smallest absolute Gasteiger partial charge is 0.278 e. The van der Waals surface area contributed by atoms with Gasteiger partial charge in [0.25, 0.3) is 11.8 Å². The standard InChI is InChI=1S/C20H18Cl2N2O2/c1-3-9-24-19(25)17(15-8-7-13(21)11-16(15)22)18(20(24)26)23-14-6-4-5-12(2)10-14/h4-8,10-11,23H,3,9H2,1-2H3. The second-order valence-electron chi connectivity index (χ2n) is 6.13. The highest BCUT2D eigenvalue weighted by Crippen LogP contribution is 2.35. The SMILES string of the molecule is CCCN1C(=O)C(Nc2cccc(C)c2)=C(c2ccc(Cl)cc2Cl)C1=O. The van der Waals surface area contributed by atoms with Crippen molar-refractivity contribution < 1.29 is 9.59 Å². The van der Waals surface area contributed by atoms with E-state index in [9.17, 15) is 9.59 Å². The summed E-state index contributed by atoms with van der Waals surface area (Å²) in [6.45, 7) is 4.23. The first kappa shape index (κ1) is 18.5. The molecule has 2 aromatic rings. The average molecular weight is 389 g/mol. The minimum atomic E-state index is -0.351. The highest BCUT2D eigenvalue weighted by Gasteiger charge is 2.39.